The summed E-state index contributed by atoms with van der Waals surface area (Å²) in [5.74, 6) is 0. The Morgan fingerprint density at radius 3 is 2.75 bits per heavy atom. The number of benzene rings is 2. The van der Waals surface area contributed by atoms with Gasteiger partial charge in [0, 0.05) is 25.7 Å². The van der Waals surface area contributed by atoms with Crippen LogP contribution in [0.5, 0.6) is 0 Å². The maximum absolute atomic E-state index is 10.00. The van der Waals surface area contributed by atoms with Crippen LogP contribution in [0.1, 0.15) is 44.7 Å². The predicted octanol–water partition coefficient (Wildman–Crippen LogP) is 3.73. The van der Waals surface area contributed by atoms with Gasteiger partial charge in [0.15, 0.2) is 0 Å². The zero-order valence-corrected chi connectivity index (χ0v) is 14.9. The number of nitrogens with one attached hydrogen (secondary N) is 1. The van der Waals surface area contributed by atoms with E-state index >= 15 is 0 Å². The van der Waals surface area contributed by atoms with Gasteiger partial charge in [0.2, 0.25) is 0 Å². The fourth-order valence-corrected chi connectivity index (χ4v) is 3.96. The molecule has 2 N–H and O–H groups in total. The number of fused-ring (bicyclic) bond motifs is 1. The molecule has 2 aromatic rings. The van der Waals surface area contributed by atoms with Crippen LogP contribution in [0.3, 0.4) is 0 Å². The molecule has 2 aromatic carbocycles. The quantitative estimate of drug-likeness (QED) is 0.849. The van der Waals surface area contributed by atoms with E-state index in [0.717, 1.165) is 38.9 Å². The minimum Gasteiger partial charge on any atom is -0.393 e. The van der Waals surface area contributed by atoms with Gasteiger partial charge in [0.1, 0.15) is 0 Å². The third kappa shape index (κ3) is 3.64. The fourth-order valence-electron chi connectivity index (χ4n) is 3.96. The second-order valence-electron chi connectivity index (χ2n) is 6.87. The summed E-state index contributed by atoms with van der Waals surface area (Å²) in [5, 5.41) is 16.4. The third-order valence-corrected chi connectivity index (χ3v) is 5.38. The van der Waals surface area contributed by atoms with Crippen molar-refractivity contribution < 1.29 is 5.11 Å². The van der Waals surface area contributed by atoms with Gasteiger partial charge in [-0.1, -0.05) is 56.3 Å². The standard InChI is InChI=1S/C21H30N2O/c1-3-17(24)12-14-23-15-13-22-20(4-2)21(23)19-11-7-9-16-8-5-6-10-18(16)19/h5-11,17,20-22,24H,3-4,12-15H2,1-2H3. The largest absolute Gasteiger partial charge is 0.393 e. The molecule has 1 saturated heterocycles. The van der Waals surface area contributed by atoms with Crippen molar-refractivity contribution in [1.29, 1.82) is 0 Å². The molecule has 3 rings (SSSR count). The number of aliphatic hydroxyl groups excluding tert-OH is 1. The number of nitrogens with zero attached hydrogens (tertiary/aromatic N) is 1. The highest BCUT2D eigenvalue weighted by Gasteiger charge is 2.32. The number of piperazine rings is 1. The SMILES string of the molecule is CCC(O)CCN1CCNC(CC)C1c1cccc2ccccc12. The predicted molar refractivity (Wildman–Crippen MR) is 101 cm³/mol. The molecular weight excluding hydrogens is 296 g/mol. The molecule has 1 heterocycles. The summed E-state index contributed by atoms with van der Waals surface area (Å²) in [5.41, 5.74) is 1.41. The average Bonchev–Trinajstić information content (AvgIpc) is 2.65. The molecule has 0 aliphatic carbocycles. The number of hydrogen-bond acceptors (Lipinski definition) is 3. The molecule has 24 heavy (non-hydrogen) atoms. The zero-order chi connectivity index (χ0) is 16.9. The number of hydrogen-bond donors (Lipinski definition) is 2. The molecule has 0 spiro atoms. The van der Waals surface area contributed by atoms with E-state index in [1.54, 1.807) is 0 Å². The third-order valence-electron chi connectivity index (χ3n) is 5.38. The Hall–Kier alpha value is -1.42. The highest BCUT2D eigenvalue weighted by atomic mass is 16.3. The molecule has 3 heteroatoms. The molecule has 0 saturated carbocycles. The Morgan fingerprint density at radius 2 is 1.96 bits per heavy atom. The van der Waals surface area contributed by atoms with E-state index in [-0.39, 0.29) is 6.10 Å². The van der Waals surface area contributed by atoms with Crippen LogP contribution in [-0.4, -0.2) is 41.8 Å². The monoisotopic (exact) mass is 326 g/mol. The summed E-state index contributed by atoms with van der Waals surface area (Å²) < 4.78 is 0. The van der Waals surface area contributed by atoms with Crippen LogP contribution in [-0.2, 0) is 0 Å². The van der Waals surface area contributed by atoms with E-state index in [1.807, 2.05) is 0 Å². The lowest BCUT2D eigenvalue weighted by Gasteiger charge is -2.43. The molecule has 1 aliphatic rings. The highest BCUT2D eigenvalue weighted by molar-refractivity contribution is 5.86. The van der Waals surface area contributed by atoms with E-state index < -0.39 is 0 Å². The Bertz CT molecular complexity index is 652. The second-order valence-corrected chi connectivity index (χ2v) is 6.87. The smallest absolute Gasteiger partial charge is 0.0549 e. The van der Waals surface area contributed by atoms with E-state index in [4.69, 9.17) is 0 Å². The summed E-state index contributed by atoms with van der Waals surface area (Å²) in [6, 6.07) is 16.2. The Morgan fingerprint density at radius 1 is 1.17 bits per heavy atom. The molecule has 1 fully saturated rings. The molecule has 0 bridgehead atoms. The van der Waals surface area contributed by atoms with Crippen molar-refractivity contribution in [2.75, 3.05) is 19.6 Å². The fraction of sp³-hybridized carbons (Fsp3) is 0.524. The zero-order valence-electron chi connectivity index (χ0n) is 14.9. The first-order valence-corrected chi connectivity index (χ1v) is 9.37. The van der Waals surface area contributed by atoms with Gasteiger partial charge in [-0.15, -0.1) is 0 Å². The van der Waals surface area contributed by atoms with Crippen LogP contribution in [0.4, 0.5) is 0 Å². The van der Waals surface area contributed by atoms with E-state index in [2.05, 4.69) is 66.5 Å². The van der Waals surface area contributed by atoms with Crippen molar-refractivity contribution in [3.8, 4) is 0 Å². The second kappa shape index (κ2) is 8.11. The molecule has 130 valence electrons. The Balaban J connectivity index is 1.94. The Labute approximate surface area is 145 Å². The van der Waals surface area contributed by atoms with Crippen LogP contribution in [0.15, 0.2) is 42.5 Å². The molecule has 3 unspecified atom stereocenters. The van der Waals surface area contributed by atoms with E-state index in [0.29, 0.717) is 12.1 Å². The molecule has 1 aliphatic heterocycles. The summed E-state index contributed by atoms with van der Waals surface area (Å²) in [6.45, 7) is 7.35. The van der Waals surface area contributed by atoms with Gasteiger partial charge in [-0.2, -0.15) is 0 Å². The molecule has 3 nitrogen and oxygen atoms in total. The minimum absolute atomic E-state index is 0.187. The lowest BCUT2D eigenvalue weighted by atomic mass is 9.89. The summed E-state index contributed by atoms with van der Waals surface area (Å²) in [7, 11) is 0. The van der Waals surface area contributed by atoms with Gasteiger partial charge in [0.25, 0.3) is 0 Å². The van der Waals surface area contributed by atoms with Crippen molar-refractivity contribution in [3.05, 3.63) is 48.0 Å². The minimum atomic E-state index is -0.187. The molecule has 0 radical (unpaired) electrons. The normalized spacial score (nSPS) is 23.5. The lowest BCUT2D eigenvalue weighted by Crippen LogP contribution is -2.53. The maximum atomic E-state index is 10.00. The van der Waals surface area contributed by atoms with Crippen LogP contribution < -0.4 is 5.32 Å². The van der Waals surface area contributed by atoms with Crippen LogP contribution >= 0.6 is 0 Å². The van der Waals surface area contributed by atoms with Gasteiger partial charge < -0.3 is 10.4 Å². The molecule has 0 amide bonds. The van der Waals surface area contributed by atoms with E-state index in [9.17, 15) is 5.11 Å². The molecular formula is C21H30N2O. The number of rotatable bonds is 6. The lowest BCUT2D eigenvalue weighted by molar-refractivity contribution is 0.0850. The van der Waals surface area contributed by atoms with Crippen molar-refractivity contribution in [3.63, 3.8) is 0 Å². The first kappa shape index (κ1) is 17.4. The molecule has 0 aromatic heterocycles. The Kier molecular flexibility index (Phi) is 5.88. The van der Waals surface area contributed by atoms with Gasteiger partial charge in [-0.25, -0.2) is 0 Å². The maximum Gasteiger partial charge on any atom is 0.0549 e. The van der Waals surface area contributed by atoms with Crippen LogP contribution in [0.2, 0.25) is 0 Å². The van der Waals surface area contributed by atoms with Crippen molar-refractivity contribution >= 4 is 10.8 Å². The van der Waals surface area contributed by atoms with Crippen molar-refractivity contribution in [2.45, 2.75) is 51.3 Å². The van der Waals surface area contributed by atoms with Crippen LogP contribution in [0.25, 0.3) is 10.8 Å². The molecule has 3 atom stereocenters. The summed E-state index contributed by atoms with van der Waals surface area (Å²) >= 11 is 0. The van der Waals surface area contributed by atoms with Gasteiger partial charge in [0.05, 0.1) is 12.1 Å². The highest BCUT2D eigenvalue weighted by Crippen LogP contribution is 2.33. The first-order valence-electron chi connectivity index (χ1n) is 9.37. The number of aliphatic hydroxyl groups is 1. The average molecular weight is 326 g/mol. The van der Waals surface area contributed by atoms with Crippen LogP contribution in [0, 0.1) is 0 Å². The van der Waals surface area contributed by atoms with Crippen molar-refractivity contribution in [2.24, 2.45) is 0 Å². The van der Waals surface area contributed by atoms with Gasteiger partial charge in [-0.3, -0.25) is 4.90 Å². The summed E-state index contributed by atoms with van der Waals surface area (Å²) in [6.07, 6.45) is 2.62. The topological polar surface area (TPSA) is 35.5 Å². The first-order chi connectivity index (χ1) is 11.7. The van der Waals surface area contributed by atoms with Crippen molar-refractivity contribution in [1.82, 2.24) is 10.2 Å². The van der Waals surface area contributed by atoms with Gasteiger partial charge in [-0.05, 0) is 35.6 Å². The van der Waals surface area contributed by atoms with E-state index in [1.165, 1.54) is 16.3 Å². The summed E-state index contributed by atoms with van der Waals surface area (Å²) in [4.78, 5) is 2.57. The van der Waals surface area contributed by atoms with Gasteiger partial charge >= 0.3 is 0 Å².